The van der Waals surface area contributed by atoms with E-state index in [1.54, 1.807) is 6.20 Å². The van der Waals surface area contributed by atoms with Gasteiger partial charge in [0.15, 0.2) is 11.5 Å². The number of fused-ring (bicyclic) bond motifs is 2. The molecule has 1 unspecified atom stereocenters. The fraction of sp³-hybridized carbons (Fsp3) is 0.333. The summed E-state index contributed by atoms with van der Waals surface area (Å²) in [5, 5.41) is 10.9. The third-order valence-electron chi connectivity index (χ3n) is 3.62. The summed E-state index contributed by atoms with van der Waals surface area (Å²) >= 11 is 0. The van der Waals surface area contributed by atoms with Crippen molar-refractivity contribution in [1.29, 1.82) is 5.26 Å². The molecule has 5 nitrogen and oxygen atoms in total. The maximum Gasteiger partial charge on any atom is 0.231 e. The Kier molecular flexibility index (Phi) is 3.07. The highest BCUT2D eigenvalue weighted by molar-refractivity contribution is 5.94. The second-order valence-corrected chi connectivity index (χ2v) is 4.88. The average molecular weight is 269 g/mol. The van der Waals surface area contributed by atoms with Crippen molar-refractivity contribution < 1.29 is 9.47 Å². The first-order chi connectivity index (χ1) is 9.70. The SMILES string of the molecule is CC(CC#N)N(C)c1nccc2cc3c(cc12)OCO3. The van der Waals surface area contributed by atoms with Gasteiger partial charge in [-0.15, -0.1) is 0 Å². The predicted octanol–water partition coefficient (Wildman–Crippen LogP) is 2.70. The van der Waals surface area contributed by atoms with Crippen LogP contribution in [0.5, 0.6) is 11.5 Å². The number of anilines is 1. The van der Waals surface area contributed by atoms with Crippen LogP contribution in [-0.4, -0.2) is 24.9 Å². The number of nitrogens with zero attached hydrogens (tertiary/aromatic N) is 3. The van der Waals surface area contributed by atoms with E-state index in [-0.39, 0.29) is 12.8 Å². The molecule has 102 valence electrons. The summed E-state index contributed by atoms with van der Waals surface area (Å²) in [6, 6.07) is 8.16. The van der Waals surface area contributed by atoms with Crippen LogP contribution < -0.4 is 14.4 Å². The van der Waals surface area contributed by atoms with Crippen LogP contribution in [0.3, 0.4) is 0 Å². The summed E-state index contributed by atoms with van der Waals surface area (Å²) in [6.45, 7) is 2.27. The molecular weight excluding hydrogens is 254 g/mol. The molecule has 0 spiro atoms. The fourth-order valence-electron chi connectivity index (χ4n) is 2.31. The summed E-state index contributed by atoms with van der Waals surface area (Å²) < 4.78 is 10.8. The highest BCUT2D eigenvalue weighted by Crippen LogP contribution is 2.38. The Hall–Kier alpha value is -2.48. The van der Waals surface area contributed by atoms with Gasteiger partial charge in [0.05, 0.1) is 12.5 Å². The molecule has 2 aromatic rings. The smallest absolute Gasteiger partial charge is 0.231 e. The van der Waals surface area contributed by atoms with Crippen molar-refractivity contribution in [3.8, 4) is 17.6 Å². The predicted molar refractivity (Wildman–Crippen MR) is 76.0 cm³/mol. The number of benzene rings is 1. The summed E-state index contributed by atoms with van der Waals surface area (Å²) in [5.74, 6) is 2.36. The van der Waals surface area contributed by atoms with Crippen molar-refractivity contribution in [3.63, 3.8) is 0 Å². The zero-order valence-corrected chi connectivity index (χ0v) is 11.5. The summed E-state index contributed by atoms with van der Waals surface area (Å²) in [7, 11) is 1.95. The normalized spacial score (nSPS) is 14.1. The lowest BCUT2D eigenvalue weighted by molar-refractivity contribution is 0.174. The van der Waals surface area contributed by atoms with Crippen molar-refractivity contribution >= 4 is 16.6 Å². The minimum atomic E-state index is 0.100. The molecule has 0 amide bonds. The Bertz CT molecular complexity index is 693. The minimum absolute atomic E-state index is 0.100. The molecule has 1 aliphatic rings. The Morgan fingerprint density at radius 2 is 2.15 bits per heavy atom. The number of pyridine rings is 1. The summed E-state index contributed by atoms with van der Waals surface area (Å²) in [6.07, 6.45) is 2.23. The van der Waals surface area contributed by atoms with Gasteiger partial charge in [-0.1, -0.05) is 0 Å². The van der Waals surface area contributed by atoms with E-state index in [4.69, 9.17) is 14.7 Å². The molecule has 0 saturated carbocycles. The molecule has 0 fully saturated rings. The molecule has 0 aliphatic carbocycles. The Morgan fingerprint density at radius 3 is 2.90 bits per heavy atom. The van der Waals surface area contributed by atoms with Gasteiger partial charge in [0.25, 0.3) is 0 Å². The van der Waals surface area contributed by atoms with Crippen LogP contribution in [0.4, 0.5) is 5.82 Å². The zero-order valence-electron chi connectivity index (χ0n) is 11.5. The van der Waals surface area contributed by atoms with Crippen LogP contribution in [-0.2, 0) is 0 Å². The second-order valence-electron chi connectivity index (χ2n) is 4.88. The lowest BCUT2D eigenvalue weighted by Gasteiger charge is -2.25. The van der Waals surface area contributed by atoms with Gasteiger partial charge in [-0.3, -0.25) is 0 Å². The molecule has 20 heavy (non-hydrogen) atoms. The van der Waals surface area contributed by atoms with E-state index in [1.165, 1.54) is 0 Å². The van der Waals surface area contributed by atoms with Crippen molar-refractivity contribution in [1.82, 2.24) is 4.98 Å². The maximum atomic E-state index is 8.84. The Balaban J connectivity index is 2.09. The van der Waals surface area contributed by atoms with Crippen LogP contribution in [0.1, 0.15) is 13.3 Å². The Morgan fingerprint density at radius 1 is 1.40 bits per heavy atom. The molecule has 5 heteroatoms. The number of hydrogen-bond donors (Lipinski definition) is 0. The highest BCUT2D eigenvalue weighted by Gasteiger charge is 2.19. The third kappa shape index (κ3) is 1.99. The van der Waals surface area contributed by atoms with Gasteiger partial charge in [0.1, 0.15) is 5.82 Å². The molecule has 0 N–H and O–H groups in total. The monoisotopic (exact) mass is 269 g/mol. The van der Waals surface area contributed by atoms with E-state index in [1.807, 2.05) is 37.1 Å². The van der Waals surface area contributed by atoms with Crippen LogP contribution >= 0.6 is 0 Å². The molecule has 0 saturated heterocycles. The highest BCUT2D eigenvalue weighted by atomic mass is 16.7. The number of nitriles is 1. The van der Waals surface area contributed by atoms with Crippen molar-refractivity contribution in [2.24, 2.45) is 0 Å². The van der Waals surface area contributed by atoms with Gasteiger partial charge in [-0.2, -0.15) is 5.26 Å². The third-order valence-corrected chi connectivity index (χ3v) is 3.62. The lowest BCUT2D eigenvalue weighted by atomic mass is 10.1. The summed E-state index contributed by atoms with van der Waals surface area (Å²) in [5.41, 5.74) is 0. The first kappa shape index (κ1) is 12.5. The molecule has 1 atom stereocenters. The van der Waals surface area contributed by atoms with Gasteiger partial charge in [-0.05, 0) is 30.5 Å². The van der Waals surface area contributed by atoms with Crippen molar-refractivity contribution in [2.45, 2.75) is 19.4 Å². The van der Waals surface area contributed by atoms with Crippen LogP contribution in [0.2, 0.25) is 0 Å². The van der Waals surface area contributed by atoms with Crippen LogP contribution in [0.15, 0.2) is 24.4 Å². The zero-order chi connectivity index (χ0) is 14.1. The van der Waals surface area contributed by atoms with Gasteiger partial charge in [0.2, 0.25) is 6.79 Å². The van der Waals surface area contributed by atoms with E-state index in [0.717, 1.165) is 28.1 Å². The first-order valence-electron chi connectivity index (χ1n) is 6.49. The second kappa shape index (κ2) is 4.89. The average Bonchev–Trinajstić information content (AvgIpc) is 2.91. The summed E-state index contributed by atoms with van der Waals surface area (Å²) in [4.78, 5) is 6.48. The van der Waals surface area contributed by atoms with Crippen molar-refractivity contribution in [3.05, 3.63) is 24.4 Å². The molecule has 0 bridgehead atoms. The number of hydrogen-bond acceptors (Lipinski definition) is 5. The van der Waals surface area contributed by atoms with E-state index in [9.17, 15) is 0 Å². The largest absolute Gasteiger partial charge is 0.454 e. The number of ether oxygens (including phenoxy) is 2. The molecule has 3 rings (SSSR count). The fourth-order valence-corrected chi connectivity index (χ4v) is 2.31. The molecular formula is C15H15N3O2. The first-order valence-corrected chi connectivity index (χ1v) is 6.49. The van der Waals surface area contributed by atoms with E-state index >= 15 is 0 Å². The van der Waals surface area contributed by atoms with Gasteiger partial charge < -0.3 is 14.4 Å². The van der Waals surface area contributed by atoms with Crippen molar-refractivity contribution in [2.75, 3.05) is 18.7 Å². The van der Waals surface area contributed by atoms with E-state index < -0.39 is 0 Å². The topological polar surface area (TPSA) is 58.4 Å². The molecule has 1 aliphatic heterocycles. The van der Waals surface area contributed by atoms with Gasteiger partial charge in [0, 0.05) is 24.7 Å². The van der Waals surface area contributed by atoms with E-state index in [2.05, 4.69) is 11.1 Å². The lowest BCUT2D eigenvalue weighted by Crippen LogP contribution is -2.29. The van der Waals surface area contributed by atoms with Gasteiger partial charge >= 0.3 is 0 Å². The molecule has 0 radical (unpaired) electrons. The molecule has 2 heterocycles. The Labute approximate surface area is 117 Å². The maximum absolute atomic E-state index is 8.84. The molecule has 1 aromatic heterocycles. The van der Waals surface area contributed by atoms with Crippen LogP contribution in [0, 0.1) is 11.3 Å². The van der Waals surface area contributed by atoms with E-state index in [0.29, 0.717) is 6.42 Å². The van der Waals surface area contributed by atoms with Gasteiger partial charge in [-0.25, -0.2) is 4.98 Å². The number of rotatable bonds is 3. The number of aromatic nitrogens is 1. The quantitative estimate of drug-likeness (QED) is 0.857. The molecule has 1 aromatic carbocycles. The standard InChI is InChI=1S/C15H15N3O2/c1-10(3-5-16)18(2)15-12-8-14-13(19-9-20-14)7-11(12)4-6-17-15/h4,6-8,10H,3,9H2,1-2H3. The van der Waals surface area contributed by atoms with Crippen LogP contribution in [0.25, 0.3) is 10.8 Å². The minimum Gasteiger partial charge on any atom is -0.454 e.